The van der Waals surface area contributed by atoms with E-state index in [2.05, 4.69) is 37.4 Å². The Morgan fingerprint density at radius 3 is 1.67 bits per heavy atom. The predicted octanol–water partition coefficient (Wildman–Crippen LogP) is 3.80. The monoisotopic (exact) mass is 204 g/mol. The summed E-state index contributed by atoms with van der Waals surface area (Å²) in [4.78, 5) is 0. The van der Waals surface area contributed by atoms with E-state index in [1.807, 2.05) is 0 Å². The van der Waals surface area contributed by atoms with Crippen molar-refractivity contribution in [3.63, 3.8) is 0 Å². The van der Waals surface area contributed by atoms with E-state index in [-0.39, 0.29) is 0 Å². The molecule has 1 aliphatic rings. The molecular formula is C10H20S2. The molecule has 0 nitrogen and oxygen atoms in total. The van der Waals surface area contributed by atoms with Crippen LogP contribution >= 0.6 is 23.5 Å². The summed E-state index contributed by atoms with van der Waals surface area (Å²) >= 11 is 4.36. The van der Waals surface area contributed by atoms with E-state index < -0.39 is 0 Å². The molecule has 0 aliphatic heterocycles. The van der Waals surface area contributed by atoms with Crippen LogP contribution in [0.25, 0.3) is 0 Å². The smallest absolute Gasteiger partial charge is 0.0166 e. The van der Waals surface area contributed by atoms with E-state index in [4.69, 9.17) is 0 Å². The van der Waals surface area contributed by atoms with E-state index in [1.54, 1.807) is 0 Å². The van der Waals surface area contributed by atoms with Gasteiger partial charge in [0.25, 0.3) is 0 Å². The van der Waals surface area contributed by atoms with Crippen LogP contribution in [0.4, 0.5) is 0 Å². The van der Waals surface area contributed by atoms with Crippen LogP contribution in [0.2, 0.25) is 0 Å². The minimum atomic E-state index is 0.966. The Morgan fingerprint density at radius 2 is 1.33 bits per heavy atom. The lowest BCUT2D eigenvalue weighted by molar-refractivity contribution is 0.528. The van der Waals surface area contributed by atoms with Gasteiger partial charge in [0, 0.05) is 10.5 Å². The zero-order chi connectivity index (χ0) is 8.81. The van der Waals surface area contributed by atoms with Crippen molar-refractivity contribution >= 4 is 23.5 Å². The average Bonchev–Trinajstić information content (AvgIpc) is 2.09. The molecule has 1 aliphatic carbocycles. The van der Waals surface area contributed by atoms with Gasteiger partial charge in [-0.1, -0.05) is 26.7 Å². The quantitative estimate of drug-likeness (QED) is 0.683. The van der Waals surface area contributed by atoms with Gasteiger partial charge in [-0.2, -0.15) is 23.5 Å². The Morgan fingerprint density at radius 1 is 0.917 bits per heavy atom. The number of hydrogen-bond donors (Lipinski definition) is 0. The van der Waals surface area contributed by atoms with Crippen LogP contribution in [0.15, 0.2) is 0 Å². The third-order valence-corrected chi connectivity index (χ3v) is 5.23. The van der Waals surface area contributed by atoms with Crippen LogP contribution in [-0.4, -0.2) is 22.0 Å². The second-order valence-electron chi connectivity index (χ2n) is 3.27. The topological polar surface area (TPSA) is 0 Å². The van der Waals surface area contributed by atoms with Gasteiger partial charge in [-0.15, -0.1) is 0 Å². The lowest BCUT2D eigenvalue weighted by Crippen LogP contribution is -2.24. The van der Waals surface area contributed by atoms with Gasteiger partial charge in [0.1, 0.15) is 0 Å². The fourth-order valence-corrected chi connectivity index (χ4v) is 4.57. The van der Waals surface area contributed by atoms with Crippen LogP contribution in [0.3, 0.4) is 0 Å². The first-order valence-corrected chi connectivity index (χ1v) is 7.21. The molecule has 0 spiro atoms. The first-order chi connectivity index (χ1) is 5.88. The second kappa shape index (κ2) is 6.20. The zero-order valence-corrected chi connectivity index (χ0v) is 9.85. The Balaban J connectivity index is 2.31. The fraction of sp³-hybridized carbons (Fsp3) is 1.00. The maximum absolute atomic E-state index is 2.28. The Hall–Kier alpha value is 0.700. The molecule has 72 valence electrons. The SMILES string of the molecule is CCSC1CCCCC1SCC. The van der Waals surface area contributed by atoms with Crippen LogP contribution in [0, 0.1) is 0 Å². The highest BCUT2D eigenvalue weighted by Gasteiger charge is 2.24. The highest BCUT2D eigenvalue weighted by Crippen LogP contribution is 2.35. The Kier molecular flexibility index (Phi) is 5.57. The minimum absolute atomic E-state index is 0.966. The fourth-order valence-electron chi connectivity index (χ4n) is 1.87. The van der Waals surface area contributed by atoms with Gasteiger partial charge in [-0.3, -0.25) is 0 Å². The van der Waals surface area contributed by atoms with Crippen LogP contribution in [0.5, 0.6) is 0 Å². The van der Waals surface area contributed by atoms with Crippen molar-refractivity contribution in [2.75, 3.05) is 11.5 Å². The highest BCUT2D eigenvalue weighted by molar-refractivity contribution is 8.03. The van der Waals surface area contributed by atoms with Crippen LogP contribution in [0.1, 0.15) is 39.5 Å². The van der Waals surface area contributed by atoms with E-state index in [0.717, 1.165) is 10.5 Å². The maximum atomic E-state index is 2.28. The largest absolute Gasteiger partial charge is 0.158 e. The molecule has 2 unspecified atom stereocenters. The number of hydrogen-bond acceptors (Lipinski definition) is 2. The van der Waals surface area contributed by atoms with Gasteiger partial charge in [0.2, 0.25) is 0 Å². The summed E-state index contributed by atoms with van der Waals surface area (Å²) < 4.78 is 0. The molecule has 0 radical (unpaired) electrons. The summed E-state index contributed by atoms with van der Waals surface area (Å²) in [5.41, 5.74) is 0. The van der Waals surface area contributed by atoms with Crippen LogP contribution in [-0.2, 0) is 0 Å². The molecule has 1 fully saturated rings. The lowest BCUT2D eigenvalue weighted by atomic mass is 10.00. The molecule has 2 heteroatoms. The molecule has 0 N–H and O–H groups in total. The molecule has 0 aromatic carbocycles. The number of rotatable bonds is 4. The van der Waals surface area contributed by atoms with E-state index in [0.29, 0.717) is 0 Å². The molecule has 0 aromatic heterocycles. The van der Waals surface area contributed by atoms with Crippen molar-refractivity contribution in [1.29, 1.82) is 0 Å². The molecule has 1 rings (SSSR count). The zero-order valence-electron chi connectivity index (χ0n) is 8.21. The van der Waals surface area contributed by atoms with Crippen molar-refractivity contribution in [3.05, 3.63) is 0 Å². The molecule has 12 heavy (non-hydrogen) atoms. The van der Waals surface area contributed by atoms with Crippen molar-refractivity contribution < 1.29 is 0 Å². The van der Waals surface area contributed by atoms with E-state index in [1.165, 1.54) is 37.2 Å². The summed E-state index contributed by atoms with van der Waals surface area (Å²) in [6.07, 6.45) is 5.88. The first-order valence-electron chi connectivity index (χ1n) is 5.11. The molecule has 1 saturated carbocycles. The summed E-state index contributed by atoms with van der Waals surface area (Å²) in [5, 5.41) is 1.93. The number of thioether (sulfide) groups is 2. The van der Waals surface area contributed by atoms with Crippen LogP contribution < -0.4 is 0 Å². The molecular weight excluding hydrogens is 184 g/mol. The second-order valence-corrected chi connectivity index (χ2v) is 6.30. The van der Waals surface area contributed by atoms with Gasteiger partial charge in [0.05, 0.1) is 0 Å². The van der Waals surface area contributed by atoms with Crippen molar-refractivity contribution in [2.24, 2.45) is 0 Å². The Bertz CT molecular complexity index is 96.4. The third-order valence-electron chi connectivity index (χ3n) is 2.40. The Labute approximate surface area is 85.3 Å². The highest BCUT2D eigenvalue weighted by atomic mass is 32.2. The average molecular weight is 204 g/mol. The lowest BCUT2D eigenvalue weighted by Gasteiger charge is -2.30. The predicted molar refractivity (Wildman–Crippen MR) is 62.3 cm³/mol. The molecule has 0 aromatic rings. The third kappa shape index (κ3) is 3.21. The normalized spacial score (nSPS) is 30.5. The van der Waals surface area contributed by atoms with Crippen molar-refractivity contribution in [2.45, 2.75) is 50.0 Å². The molecule has 0 heterocycles. The van der Waals surface area contributed by atoms with Gasteiger partial charge >= 0.3 is 0 Å². The van der Waals surface area contributed by atoms with Gasteiger partial charge in [0.15, 0.2) is 0 Å². The van der Waals surface area contributed by atoms with E-state index in [9.17, 15) is 0 Å². The summed E-state index contributed by atoms with van der Waals surface area (Å²) in [6.45, 7) is 4.57. The van der Waals surface area contributed by atoms with Gasteiger partial charge < -0.3 is 0 Å². The molecule has 0 bridgehead atoms. The summed E-state index contributed by atoms with van der Waals surface area (Å²) in [7, 11) is 0. The van der Waals surface area contributed by atoms with Crippen molar-refractivity contribution in [1.82, 2.24) is 0 Å². The minimum Gasteiger partial charge on any atom is -0.158 e. The summed E-state index contributed by atoms with van der Waals surface area (Å²) in [5.74, 6) is 2.59. The van der Waals surface area contributed by atoms with Gasteiger partial charge in [-0.05, 0) is 24.3 Å². The van der Waals surface area contributed by atoms with Crippen molar-refractivity contribution in [3.8, 4) is 0 Å². The maximum Gasteiger partial charge on any atom is 0.0166 e. The molecule has 2 atom stereocenters. The standard InChI is InChI=1S/C10H20S2/c1-3-11-9-7-5-6-8-10(9)12-4-2/h9-10H,3-8H2,1-2H3. The molecule has 0 amide bonds. The first kappa shape index (κ1) is 10.8. The van der Waals surface area contributed by atoms with E-state index >= 15 is 0 Å². The summed E-state index contributed by atoms with van der Waals surface area (Å²) in [6, 6.07) is 0. The van der Waals surface area contributed by atoms with Gasteiger partial charge in [-0.25, -0.2) is 0 Å². The molecule has 0 saturated heterocycles.